The van der Waals surface area contributed by atoms with E-state index in [-0.39, 0.29) is 17.4 Å². The fourth-order valence-electron chi connectivity index (χ4n) is 1.39. The zero-order valence-corrected chi connectivity index (χ0v) is 10.4. The number of nitrogens with two attached hydrogens (primary N) is 1. The van der Waals surface area contributed by atoms with Crippen molar-refractivity contribution in [2.75, 3.05) is 5.32 Å². The van der Waals surface area contributed by atoms with Crippen molar-refractivity contribution < 1.29 is 4.79 Å². The molecule has 0 aliphatic carbocycles. The normalized spacial score (nSPS) is 13.2. The van der Waals surface area contributed by atoms with E-state index in [0.717, 1.165) is 5.69 Å². The molecule has 0 fully saturated rings. The Morgan fingerprint density at radius 3 is 2.12 bits per heavy atom. The van der Waals surface area contributed by atoms with Crippen LogP contribution in [0.1, 0.15) is 33.3 Å². The number of hydrogen-bond acceptors (Lipinski definition) is 2. The van der Waals surface area contributed by atoms with E-state index in [0.29, 0.717) is 0 Å². The summed E-state index contributed by atoms with van der Waals surface area (Å²) in [6.45, 7) is 8.25. The van der Waals surface area contributed by atoms with Gasteiger partial charge in [-0.3, -0.25) is 4.79 Å². The lowest BCUT2D eigenvalue weighted by atomic mass is 9.87. The highest BCUT2D eigenvalue weighted by Gasteiger charge is 2.13. The third kappa shape index (κ3) is 3.26. The minimum Gasteiger partial charge on any atom is -0.374 e. The molecule has 88 valence electrons. The standard InChI is InChI=1S/C13H20N2O/c1-9(12(14)16)15-11-7-5-10(6-8-11)13(2,3)4/h5-9,15H,1-4H3,(H2,14,16)/t9-/m0/s1. The molecule has 0 saturated heterocycles. The Morgan fingerprint density at radius 1 is 1.25 bits per heavy atom. The highest BCUT2D eigenvalue weighted by Crippen LogP contribution is 2.23. The molecule has 0 heterocycles. The van der Waals surface area contributed by atoms with Gasteiger partial charge in [-0.05, 0) is 30.0 Å². The van der Waals surface area contributed by atoms with Crippen molar-refractivity contribution in [3.05, 3.63) is 29.8 Å². The lowest BCUT2D eigenvalue weighted by Crippen LogP contribution is -2.32. The Labute approximate surface area is 97.0 Å². The summed E-state index contributed by atoms with van der Waals surface area (Å²) >= 11 is 0. The predicted molar refractivity (Wildman–Crippen MR) is 67.4 cm³/mol. The van der Waals surface area contributed by atoms with Gasteiger partial charge in [-0.2, -0.15) is 0 Å². The first-order valence-electron chi connectivity index (χ1n) is 5.47. The largest absolute Gasteiger partial charge is 0.374 e. The topological polar surface area (TPSA) is 55.1 Å². The molecule has 3 nitrogen and oxygen atoms in total. The molecule has 3 N–H and O–H groups in total. The van der Waals surface area contributed by atoms with Crippen LogP contribution in [0.4, 0.5) is 5.69 Å². The van der Waals surface area contributed by atoms with Crippen LogP contribution in [-0.2, 0) is 10.2 Å². The zero-order valence-electron chi connectivity index (χ0n) is 10.4. The molecule has 1 aromatic carbocycles. The van der Waals surface area contributed by atoms with Crippen LogP contribution in [0, 0.1) is 0 Å². The quantitative estimate of drug-likeness (QED) is 0.821. The maximum Gasteiger partial charge on any atom is 0.239 e. The monoisotopic (exact) mass is 220 g/mol. The van der Waals surface area contributed by atoms with Gasteiger partial charge in [0, 0.05) is 5.69 Å². The van der Waals surface area contributed by atoms with Gasteiger partial charge >= 0.3 is 0 Å². The average Bonchev–Trinajstić information content (AvgIpc) is 2.17. The van der Waals surface area contributed by atoms with Crippen LogP contribution in [0.2, 0.25) is 0 Å². The fraction of sp³-hybridized carbons (Fsp3) is 0.462. The molecule has 1 atom stereocenters. The van der Waals surface area contributed by atoms with E-state index < -0.39 is 0 Å². The second kappa shape index (κ2) is 4.56. The molecule has 0 aliphatic heterocycles. The summed E-state index contributed by atoms with van der Waals surface area (Å²) in [4.78, 5) is 10.9. The van der Waals surface area contributed by atoms with Crippen molar-refractivity contribution in [3.63, 3.8) is 0 Å². The third-order valence-electron chi connectivity index (χ3n) is 2.56. The minimum atomic E-state index is -0.347. The third-order valence-corrected chi connectivity index (χ3v) is 2.56. The van der Waals surface area contributed by atoms with Gasteiger partial charge in [-0.25, -0.2) is 0 Å². The second-order valence-corrected chi connectivity index (χ2v) is 5.10. The smallest absolute Gasteiger partial charge is 0.239 e. The molecule has 0 aromatic heterocycles. The first-order chi connectivity index (χ1) is 7.30. The Kier molecular flexibility index (Phi) is 3.58. The van der Waals surface area contributed by atoms with Gasteiger partial charge in [-0.15, -0.1) is 0 Å². The van der Waals surface area contributed by atoms with E-state index in [4.69, 9.17) is 5.73 Å². The van der Waals surface area contributed by atoms with Crippen molar-refractivity contribution in [1.82, 2.24) is 0 Å². The van der Waals surface area contributed by atoms with Gasteiger partial charge in [-0.1, -0.05) is 32.9 Å². The van der Waals surface area contributed by atoms with Gasteiger partial charge < -0.3 is 11.1 Å². The molecule has 1 aromatic rings. The maximum atomic E-state index is 10.9. The highest BCUT2D eigenvalue weighted by molar-refractivity contribution is 5.82. The number of nitrogens with one attached hydrogen (secondary N) is 1. The van der Waals surface area contributed by atoms with Crippen molar-refractivity contribution in [1.29, 1.82) is 0 Å². The lowest BCUT2D eigenvalue weighted by Gasteiger charge is -2.20. The van der Waals surface area contributed by atoms with Crippen LogP contribution in [-0.4, -0.2) is 11.9 Å². The molecular formula is C13H20N2O. The van der Waals surface area contributed by atoms with Crippen LogP contribution in [0.15, 0.2) is 24.3 Å². The fourth-order valence-corrected chi connectivity index (χ4v) is 1.39. The molecule has 0 bridgehead atoms. The summed E-state index contributed by atoms with van der Waals surface area (Å²) in [5.74, 6) is -0.347. The number of benzene rings is 1. The van der Waals surface area contributed by atoms with E-state index >= 15 is 0 Å². The van der Waals surface area contributed by atoms with Gasteiger partial charge in [0.15, 0.2) is 0 Å². The molecule has 0 spiro atoms. The maximum absolute atomic E-state index is 10.9. The van der Waals surface area contributed by atoms with E-state index in [1.165, 1.54) is 5.56 Å². The van der Waals surface area contributed by atoms with Crippen molar-refractivity contribution >= 4 is 11.6 Å². The predicted octanol–water partition coefficient (Wildman–Crippen LogP) is 2.27. The number of carbonyl (C=O) groups is 1. The van der Waals surface area contributed by atoms with Crippen molar-refractivity contribution in [3.8, 4) is 0 Å². The van der Waals surface area contributed by atoms with Crippen LogP contribution in [0.25, 0.3) is 0 Å². The van der Waals surface area contributed by atoms with Crippen LogP contribution >= 0.6 is 0 Å². The van der Waals surface area contributed by atoms with E-state index in [2.05, 4.69) is 38.2 Å². The first-order valence-corrected chi connectivity index (χ1v) is 5.47. The first kappa shape index (κ1) is 12.6. The Hall–Kier alpha value is -1.51. The van der Waals surface area contributed by atoms with Crippen molar-refractivity contribution in [2.45, 2.75) is 39.2 Å². The molecule has 0 aliphatic rings. The van der Waals surface area contributed by atoms with E-state index in [9.17, 15) is 4.79 Å². The van der Waals surface area contributed by atoms with Gasteiger partial charge in [0.1, 0.15) is 6.04 Å². The van der Waals surface area contributed by atoms with Crippen LogP contribution in [0.3, 0.4) is 0 Å². The molecule has 0 radical (unpaired) electrons. The number of anilines is 1. The molecular weight excluding hydrogens is 200 g/mol. The Bertz CT molecular complexity index is 363. The molecule has 1 amide bonds. The molecule has 0 saturated carbocycles. The summed E-state index contributed by atoms with van der Waals surface area (Å²) in [7, 11) is 0. The summed E-state index contributed by atoms with van der Waals surface area (Å²) in [5.41, 5.74) is 7.51. The highest BCUT2D eigenvalue weighted by atomic mass is 16.1. The second-order valence-electron chi connectivity index (χ2n) is 5.10. The average molecular weight is 220 g/mol. The SMILES string of the molecule is C[C@H](Nc1ccc(C(C)(C)C)cc1)C(N)=O. The summed E-state index contributed by atoms with van der Waals surface area (Å²) in [6.07, 6.45) is 0. The van der Waals surface area contributed by atoms with Gasteiger partial charge in [0.05, 0.1) is 0 Å². The lowest BCUT2D eigenvalue weighted by molar-refractivity contribution is -0.118. The van der Waals surface area contributed by atoms with Crippen molar-refractivity contribution in [2.24, 2.45) is 5.73 Å². The summed E-state index contributed by atoms with van der Waals surface area (Å²) < 4.78 is 0. The number of amides is 1. The number of primary amides is 1. The summed E-state index contributed by atoms with van der Waals surface area (Å²) in [5, 5.41) is 3.05. The number of rotatable bonds is 3. The van der Waals surface area contributed by atoms with E-state index in [1.54, 1.807) is 6.92 Å². The van der Waals surface area contributed by atoms with Crippen LogP contribution in [0.5, 0.6) is 0 Å². The Balaban J connectivity index is 2.76. The number of carbonyl (C=O) groups excluding carboxylic acids is 1. The zero-order chi connectivity index (χ0) is 12.3. The molecule has 0 unspecified atom stereocenters. The van der Waals surface area contributed by atoms with Gasteiger partial charge in [0.25, 0.3) is 0 Å². The molecule has 16 heavy (non-hydrogen) atoms. The van der Waals surface area contributed by atoms with Gasteiger partial charge in [0.2, 0.25) is 5.91 Å². The molecule has 1 rings (SSSR count). The number of hydrogen-bond donors (Lipinski definition) is 2. The summed E-state index contributed by atoms with van der Waals surface area (Å²) in [6, 6.07) is 7.73. The molecule has 3 heteroatoms. The van der Waals surface area contributed by atoms with E-state index in [1.807, 2.05) is 12.1 Å². The Morgan fingerprint density at radius 2 is 1.75 bits per heavy atom. The van der Waals surface area contributed by atoms with Crippen LogP contribution < -0.4 is 11.1 Å². The minimum absolute atomic E-state index is 0.147.